The number of nitrogens with zero attached hydrogens (tertiary/aromatic N) is 2. The summed E-state index contributed by atoms with van der Waals surface area (Å²) < 4.78 is 0. The lowest BCUT2D eigenvalue weighted by molar-refractivity contribution is -0.385. The predicted octanol–water partition coefficient (Wildman–Crippen LogP) is 4.65. The summed E-state index contributed by atoms with van der Waals surface area (Å²) in [6.07, 6.45) is 0.152. The third kappa shape index (κ3) is 4.09. The highest BCUT2D eigenvalue weighted by Crippen LogP contribution is 2.33. The van der Waals surface area contributed by atoms with Gasteiger partial charge in [-0.1, -0.05) is 54.6 Å². The van der Waals surface area contributed by atoms with Crippen LogP contribution in [0.15, 0.2) is 66.9 Å². The third-order valence-electron chi connectivity index (χ3n) is 4.19. The Morgan fingerprint density at radius 2 is 1.78 bits per heavy atom. The van der Waals surface area contributed by atoms with E-state index in [0.717, 1.165) is 16.7 Å². The van der Waals surface area contributed by atoms with Crippen LogP contribution >= 0.6 is 0 Å². The smallest absolute Gasteiger partial charge is 0.405 e. The van der Waals surface area contributed by atoms with Crippen molar-refractivity contribution in [3.8, 4) is 22.4 Å². The average molecular weight is 363 g/mol. The summed E-state index contributed by atoms with van der Waals surface area (Å²) in [5.41, 5.74) is 3.63. The lowest BCUT2D eigenvalue weighted by atomic mass is 9.97. The van der Waals surface area contributed by atoms with Gasteiger partial charge in [0, 0.05) is 17.2 Å². The molecule has 1 amide bonds. The topological polar surface area (TPSA) is 105 Å². The van der Waals surface area contributed by atoms with E-state index in [0.29, 0.717) is 11.3 Å². The first-order chi connectivity index (χ1) is 13.0. The fourth-order valence-corrected chi connectivity index (χ4v) is 2.82. The van der Waals surface area contributed by atoms with Gasteiger partial charge in [-0.25, -0.2) is 9.78 Å². The number of hydrogen-bond acceptors (Lipinski definition) is 4. The molecule has 0 saturated heterocycles. The highest BCUT2D eigenvalue weighted by atomic mass is 16.6. The quantitative estimate of drug-likeness (QED) is 0.507. The van der Waals surface area contributed by atoms with Gasteiger partial charge < -0.3 is 10.4 Å². The van der Waals surface area contributed by atoms with Gasteiger partial charge in [0.1, 0.15) is 6.20 Å². The van der Waals surface area contributed by atoms with E-state index < -0.39 is 11.0 Å². The molecule has 3 aromatic rings. The lowest BCUT2D eigenvalue weighted by Crippen LogP contribution is -2.24. The fourth-order valence-electron chi connectivity index (χ4n) is 2.82. The van der Waals surface area contributed by atoms with Crippen LogP contribution in [0, 0.1) is 10.1 Å². The molecular formula is C20H17N3O4. The Morgan fingerprint density at radius 3 is 2.37 bits per heavy atom. The van der Waals surface area contributed by atoms with Crippen LogP contribution < -0.4 is 5.32 Å². The van der Waals surface area contributed by atoms with E-state index in [-0.39, 0.29) is 11.7 Å². The van der Waals surface area contributed by atoms with E-state index in [2.05, 4.69) is 10.3 Å². The average Bonchev–Trinajstić information content (AvgIpc) is 2.68. The van der Waals surface area contributed by atoms with Gasteiger partial charge in [0.2, 0.25) is 0 Å². The maximum absolute atomic E-state index is 11.2. The lowest BCUT2D eigenvalue weighted by Gasteiger charge is -2.13. The van der Waals surface area contributed by atoms with Gasteiger partial charge in [0.25, 0.3) is 5.69 Å². The van der Waals surface area contributed by atoms with Gasteiger partial charge in [0.05, 0.1) is 16.7 Å². The summed E-state index contributed by atoms with van der Waals surface area (Å²) in [6, 6.07) is 17.8. The first-order valence-electron chi connectivity index (χ1n) is 8.25. The number of amides is 1. The van der Waals surface area contributed by atoms with Crippen molar-refractivity contribution in [3.05, 3.63) is 82.5 Å². The Hall–Kier alpha value is -3.74. The van der Waals surface area contributed by atoms with Crippen LogP contribution in [0.5, 0.6) is 0 Å². The number of benzene rings is 2. The molecule has 1 atom stereocenters. The van der Waals surface area contributed by atoms with Crippen molar-refractivity contribution in [1.82, 2.24) is 10.3 Å². The van der Waals surface area contributed by atoms with Gasteiger partial charge in [-0.3, -0.25) is 10.1 Å². The molecule has 0 saturated carbocycles. The summed E-state index contributed by atoms with van der Waals surface area (Å²) in [5.74, 6) is 0. The molecule has 7 heteroatoms. The van der Waals surface area contributed by atoms with Crippen molar-refractivity contribution in [2.45, 2.75) is 13.0 Å². The molecule has 7 nitrogen and oxygen atoms in total. The molecule has 0 aliphatic carbocycles. The van der Waals surface area contributed by atoms with E-state index in [1.165, 1.54) is 12.3 Å². The number of aromatic nitrogens is 1. The second-order valence-corrected chi connectivity index (χ2v) is 6.01. The Labute approximate surface area is 155 Å². The minimum Gasteiger partial charge on any atom is -0.465 e. The highest BCUT2D eigenvalue weighted by Gasteiger charge is 2.16. The highest BCUT2D eigenvalue weighted by molar-refractivity contribution is 5.82. The summed E-state index contributed by atoms with van der Waals surface area (Å²) in [4.78, 5) is 25.8. The van der Waals surface area contributed by atoms with E-state index in [1.54, 1.807) is 6.92 Å². The minimum absolute atomic E-state index is 0.0755. The van der Waals surface area contributed by atoms with E-state index in [4.69, 9.17) is 5.11 Å². The van der Waals surface area contributed by atoms with Crippen molar-refractivity contribution >= 4 is 11.8 Å². The molecule has 27 heavy (non-hydrogen) atoms. The summed E-state index contributed by atoms with van der Waals surface area (Å²) >= 11 is 0. The van der Waals surface area contributed by atoms with Crippen LogP contribution in [0.4, 0.5) is 10.5 Å². The first-order valence-corrected chi connectivity index (χ1v) is 8.25. The largest absolute Gasteiger partial charge is 0.465 e. The molecule has 2 N–H and O–H groups in total. The number of pyridine rings is 1. The maximum atomic E-state index is 11.2. The number of hydrogen-bond donors (Lipinski definition) is 2. The zero-order valence-corrected chi connectivity index (χ0v) is 14.5. The van der Waals surface area contributed by atoms with Crippen LogP contribution in [-0.4, -0.2) is 21.1 Å². The van der Waals surface area contributed by atoms with E-state index in [9.17, 15) is 14.9 Å². The Balaban J connectivity index is 2.03. The molecule has 1 unspecified atom stereocenters. The fraction of sp³-hybridized carbons (Fsp3) is 0.100. The predicted molar refractivity (Wildman–Crippen MR) is 101 cm³/mol. The second-order valence-electron chi connectivity index (χ2n) is 6.01. The van der Waals surface area contributed by atoms with Crippen molar-refractivity contribution in [2.24, 2.45) is 0 Å². The van der Waals surface area contributed by atoms with Crippen molar-refractivity contribution < 1.29 is 14.8 Å². The molecule has 2 aromatic carbocycles. The standard InChI is InChI=1S/C20H17N3O4/c1-13(22-20(24)25)14-7-9-16(10-8-14)19-18(15-5-3-2-4-6-15)11-17(12-21-19)23(26)27/h2-13,22H,1H3,(H,24,25). The van der Waals surface area contributed by atoms with Crippen LogP contribution in [0.2, 0.25) is 0 Å². The molecule has 0 radical (unpaired) electrons. The number of nitrogens with one attached hydrogen (secondary N) is 1. The molecule has 1 aromatic heterocycles. The summed E-state index contributed by atoms with van der Waals surface area (Å²) in [6.45, 7) is 1.75. The Morgan fingerprint density at radius 1 is 1.11 bits per heavy atom. The number of rotatable bonds is 5. The van der Waals surface area contributed by atoms with Gasteiger partial charge >= 0.3 is 6.09 Å². The normalized spacial score (nSPS) is 11.6. The molecule has 0 bridgehead atoms. The molecule has 0 aliphatic heterocycles. The van der Waals surface area contributed by atoms with Crippen LogP contribution in [0.1, 0.15) is 18.5 Å². The second kappa shape index (κ2) is 7.65. The summed E-state index contributed by atoms with van der Waals surface area (Å²) in [5, 5.41) is 22.4. The Kier molecular flexibility index (Phi) is 5.12. The minimum atomic E-state index is -1.09. The third-order valence-corrected chi connectivity index (χ3v) is 4.19. The first kappa shape index (κ1) is 18.1. The maximum Gasteiger partial charge on any atom is 0.405 e. The van der Waals surface area contributed by atoms with E-state index in [1.807, 2.05) is 54.6 Å². The molecular weight excluding hydrogens is 346 g/mol. The van der Waals surface area contributed by atoms with Crippen LogP contribution in [0.25, 0.3) is 22.4 Å². The van der Waals surface area contributed by atoms with Gasteiger partial charge in [0.15, 0.2) is 0 Å². The Bertz CT molecular complexity index is 972. The molecule has 3 rings (SSSR count). The molecule has 0 aliphatic rings. The molecule has 0 fully saturated rings. The molecule has 1 heterocycles. The zero-order chi connectivity index (χ0) is 19.4. The van der Waals surface area contributed by atoms with Crippen LogP contribution in [-0.2, 0) is 0 Å². The van der Waals surface area contributed by atoms with E-state index >= 15 is 0 Å². The number of nitro groups is 1. The number of carboxylic acid groups (broad SMARTS) is 1. The van der Waals surface area contributed by atoms with Crippen molar-refractivity contribution in [3.63, 3.8) is 0 Å². The molecule has 0 spiro atoms. The zero-order valence-electron chi connectivity index (χ0n) is 14.5. The molecule has 136 valence electrons. The summed E-state index contributed by atoms with van der Waals surface area (Å²) in [7, 11) is 0. The van der Waals surface area contributed by atoms with Gasteiger partial charge in [-0.05, 0) is 18.1 Å². The number of carbonyl (C=O) groups is 1. The van der Waals surface area contributed by atoms with Gasteiger partial charge in [-0.2, -0.15) is 0 Å². The monoisotopic (exact) mass is 363 g/mol. The van der Waals surface area contributed by atoms with Crippen molar-refractivity contribution in [1.29, 1.82) is 0 Å². The van der Waals surface area contributed by atoms with Crippen LogP contribution in [0.3, 0.4) is 0 Å². The van der Waals surface area contributed by atoms with Crippen molar-refractivity contribution in [2.75, 3.05) is 0 Å². The van der Waals surface area contributed by atoms with Gasteiger partial charge in [-0.15, -0.1) is 0 Å². The SMILES string of the molecule is CC(NC(=O)O)c1ccc(-c2ncc([N+](=O)[O-])cc2-c2ccccc2)cc1.